The summed E-state index contributed by atoms with van der Waals surface area (Å²) in [6.07, 6.45) is 0.933. The van der Waals surface area contributed by atoms with E-state index >= 15 is 0 Å². The minimum absolute atomic E-state index is 0.172. The smallest absolute Gasteiger partial charge is 0.255 e. The summed E-state index contributed by atoms with van der Waals surface area (Å²) in [6.45, 7) is 6.12. The highest BCUT2D eigenvalue weighted by atomic mass is 35.5. The summed E-state index contributed by atoms with van der Waals surface area (Å²) in [5.41, 5.74) is 3.32. The number of pyridine rings is 1. The van der Waals surface area contributed by atoms with Crippen LogP contribution in [0.2, 0.25) is 5.15 Å². The molecule has 0 saturated heterocycles. The molecule has 0 unspecified atom stereocenters. The number of carbonyl (C=O) groups is 1. The number of benzene rings is 1. The monoisotopic (exact) mass is 302 g/mol. The fourth-order valence-corrected chi connectivity index (χ4v) is 2.23. The number of amides is 1. The minimum atomic E-state index is -0.172. The molecule has 0 fully saturated rings. The van der Waals surface area contributed by atoms with Crippen molar-refractivity contribution in [3.63, 3.8) is 0 Å². The van der Waals surface area contributed by atoms with Crippen molar-refractivity contribution in [2.75, 3.05) is 5.32 Å². The van der Waals surface area contributed by atoms with Crippen LogP contribution in [0.15, 0.2) is 36.4 Å². The molecule has 4 heteroatoms. The molecule has 2 rings (SSSR count). The molecule has 110 valence electrons. The molecule has 1 aromatic carbocycles. The van der Waals surface area contributed by atoms with E-state index in [1.165, 1.54) is 5.56 Å². The molecule has 0 atom stereocenters. The third-order valence-electron chi connectivity index (χ3n) is 3.26. The van der Waals surface area contributed by atoms with Gasteiger partial charge in [0.15, 0.2) is 0 Å². The maximum Gasteiger partial charge on any atom is 0.255 e. The van der Waals surface area contributed by atoms with E-state index in [1.54, 1.807) is 12.1 Å². The van der Waals surface area contributed by atoms with Crippen LogP contribution in [0, 0.1) is 0 Å². The van der Waals surface area contributed by atoms with Gasteiger partial charge in [0.2, 0.25) is 0 Å². The molecule has 0 bridgehead atoms. The Bertz CT molecular complexity index is 653. The zero-order chi connectivity index (χ0) is 15.4. The molecule has 1 heterocycles. The van der Waals surface area contributed by atoms with Gasteiger partial charge in [-0.15, -0.1) is 0 Å². The molecular formula is C17H19ClN2O. The van der Waals surface area contributed by atoms with Crippen molar-refractivity contribution in [1.82, 2.24) is 4.98 Å². The van der Waals surface area contributed by atoms with Crippen LogP contribution < -0.4 is 5.32 Å². The van der Waals surface area contributed by atoms with Gasteiger partial charge < -0.3 is 5.32 Å². The maximum atomic E-state index is 12.3. The Morgan fingerprint density at radius 3 is 2.71 bits per heavy atom. The van der Waals surface area contributed by atoms with Crippen LogP contribution in [0.4, 0.5) is 5.69 Å². The first-order valence-corrected chi connectivity index (χ1v) is 7.45. The molecule has 1 aromatic heterocycles. The van der Waals surface area contributed by atoms with Crippen LogP contribution >= 0.6 is 11.6 Å². The van der Waals surface area contributed by atoms with Crippen LogP contribution in [-0.2, 0) is 6.42 Å². The summed E-state index contributed by atoms with van der Waals surface area (Å²) in [6, 6.07) is 11.2. The standard InChI is InChI=1S/C17H19ClN2O/c1-4-12-6-5-7-14(8-12)19-17(21)13-9-15(11(2)3)20-16(18)10-13/h5-11H,4H2,1-3H3,(H,19,21). The van der Waals surface area contributed by atoms with Crippen LogP contribution in [0.1, 0.15) is 48.3 Å². The highest BCUT2D eigenvalue weighted by Crippen LogP contribution is 2.19. The number of aromatic nitrogens is 1. The van der Waals surface area contributed by atoms with Gasteiger partial charge in [0.05, 0.1) is 0 Å². The highest BCUT2D eigenvalue weighted by molar-refractivity contribution is 6.29. The van der Waals surface area contributed by atoms with E-state index in [-0.39, 0.29) is 11.8 Å². The Hall–Kier alpha value is -1.87. The van der Waals surface area contributed by atoms with Gasteiger partial charge in [-0.25, -0.2) is 4.98 Å². The summed E-state index contributed by atoms with van der Waals surface area (Å²) < 4.78 is 0. The van der Waals surface area contributed by atoms with Crippen LogP contribution in [0.5, 0.6) is 0 Å². The fourth-order valence-electron chi connectivity index (χ4n) is 2.02. The van der Waals surface area contributed by atoms with E-state index in [2.05, 4.69) is 17.2 Å². The number of nitrogens with zero attached hydrogens (tertiary/aromatic N) is 1. The quantitative estimate of drug-likeness (QED) is 0.834. The van der Waals surface area contributed by atoms with Gasteiger partial charge in [-0.05, 0) is 42.2 Å². The number of nitrogens with one attached hydrogen (secondary N) is 1. The first-order valence-electron chi connectivity index (χ1n) is 7.07. The third kappa shape index (κ3) is 4.05. The second kappa shape index (κ2) is 6.72. The van der Waals surface area contributed by atoms with E-state index in [0.29, 0.717) is 10.7 Å². The predicted octanol–water partition coefficient (Wildman–Crippen LogP) is 4.67. The molecule has 0 aliphatic rings. The van der Waals surface area contributed by atoms with E-state index < -0.39 is 0 Å². The van der Waals surface area contributed by atoms with Crippen molar-refractivity contribution in [1.29, 1.82) is 0 Å². The SMILES string of the molecule is CCc1cccc(NC(=O)c2cc(Cl)nc(C(C)C)c2)c1. The number of anilines is 1. The molecule has 0 saturated carbocycles. The third-order valence-corrected chi connectivity index (χ3v) is 3.45. The lowest BCUT2D eigenvalue weighted by molar-refractivity contribution is 0.102. The average Bonchev–Trinajstić information content (AvgIpc) is 2.46. The zero-order valence-electron chi connectivity index (χ0n) is 12.5. The summed E-state index contributed by atoms with van der Waals surface area (Å²) in [5, 5.41) is 3.24. The number of halogens is 1. The maximum absolute atomic E-state index is 12.3. The number of aryl methyl sites for hydroxylation is 1. The highest BCUT2D eigenvalue weighted by Gasteiger charge is 2.11. The van der Waals surface area contributed by atoms with Crippen molar-refractivity contribution in [3.05, 3.63) is 58.4 Å². The van der Waals surface area contributed by atoms with E-state index in [0.717, 1.165) is 17.8 Å². The van der Waals surface area contributed by atoms with Crippen molar-refractivity contribution in [3.8, 4) is 0 Å². The Labute approximate surface area is 130 Å². The molecule has 1 N–H and O–H groups in total. The van der Waals surface area contributed by atoms with Crippen LogP contribution in [-0.4, -0.2) is 10.9 Å². The van der Waals surface area contributed by atoms with Gasteiger partial charge in [-0.1, -0.05) is 44.5 Å². The Morgan fingerprint density at radius 2 is 2.05 bits per heavy atom. The number of hydrogen-bond acceptors (Lipinski definition) is 2. The predicted molar refractivity (Wildman–Crippen MR) is 87.1 cm³/mol. The van der Waals surface area contributed by atoms with Gasteiger partial charge in [0.1, 0.15) is 5.15 Å². The summed E-state index contributed by atoms with van der Waals surface area (Å²) in [7, 11) is 0. The zero-order valence-corrected chi connectivity index (χ0v) is 13.2. The topological polar surface area (TPSA) is 42.0 Å². The van der Waals surface area contributed by atoms with Crippen molar-refractivity contribution >= 4 is 23.2 Å². The van der Waals surface area contributed by atoms with Crippen LogP contribution in [0.3, 0.4) is 0 Å². The molecule has 0 aliphatic carbocycles. The van der Waals surface area contributed by atoms with Gasteiger partial charge in [-0.3, -0.25) is 4.79 Å². The lowest BCUT2D eigenvalue weighted by Gasteiger charge is -2.10. The largest absolute Gasteiger partial charge is 0.322 e. The molecule has 21 heavy (non-hydrogen) atoms. The molecule has 0 radical (unpaired) electrons. The van der Waals surface area contributed by atoms with Gasteiger partial charge in [-0.2, -0.15) is 0 Å². The molecular weight excluding hydrogens is 284 g/mol. The Morgan fingerprint density at radius 1 is 1.29 bits per heavy atom. The van der Waals surface area contributed by atoms with E-state index in [1.807, 2.05) is 38.1 Å². The summed E-state index contributed by atoms with van der Waals surface area (Å²) >= 11 is 6.00. The van der Waals surface area contributed by atoms with Crippen molar-refractivity contribution in [2.24, 2.45) is 0 Å². The van der Waals surface area contributed by atoms with Crippen molar-refractivity contribution in [2.45, 2.75) is 33.1 Å². The van der Waals surface area contributed by atoms with Crippen molar-refractivity contribution < 1.29 is 4.79 Å². The summed E-state index contributed by atoms with van der Waals surface area (Å²) in [5.74, 6) is 0.0492. The van der Waals surface area contributed by atoms with E-state index in [9.17, 15) is 4.79 Å². The molecule has 2 aromatic rings. The Balaban J connectivity index is 2.23. The number of rotatable bonds is 4. The first kappa shape index (κ1) is 15.5. The minimum Gasteiger partial charge on any atom is -0.322 e. The van der Waals surface area contributed by atoms with Crippen LogP contribution in [0.25, 0.3) is 0 Å². The average molecular weight is 303 g/mol. The molecule has 0 aliphatic heterocycles. The van der Waals surface area contributed by atoms with Gasteiger partial charge in [0, 0.05) is 16.9 Å². The second-order valence-corrected chi connectivity index (χ2v) is 5.65. The van der Waals surface area contributed by atoms with Gasteiger partial charge in [0.25, 0.3) is 5.91 Å². The molecule has 0 spiro atoms. The second-order valence-electron chi connectivity index (χ2n) is 5.27. The number of carbonyl (C=O) groups excluding carboxylic acids is 1. The number of hydrogen-bond donors (Lipinski definition) is 1. The lowest BCUT2D eigenvalue weighted by Crippen LogP contribution is -2.13. The first-order chi connectivity index (χ1) is 9.99. The lowest BCUT2D eigenvalue weighted by atomic mass is 10.1. The van der Waals surface area contributed by atoms with E-state index in [4.69, 9.17) is 11.6 Å². The van der Waals surface area contributed by atoms with Gasteiger partial charge >= 0.3 is 0 Å². The Kier molecular flexibility index (Phi) is 4.97. The summed E-state index contributed by atoms with van der Waals surface area (Å²) in [4.78, 5) is 16.6. The molecule has 1 amide bonds. The normalized spacial score (nSPS) is 10.7. The fraction of sp³-hybridized carbons (Fsp3) is 0.294. The molecule has 3 nitrogen and oxygen atoms in total.